The lowest BCUT2D eigenvalue weighted by atomic mass is 10.1. The number of alkyl halides is 3. The van der Waals surface area contributed by atoms with Crippen LogP contribution in [0.25, 0.3) is 10.6 Å². The second kappa shape index (κ2) is 12.6. The monoisotopic (exact) mass is 596 g/mol. The number of anilines is 4. The van der Waals surface area contributed by atoms with Crippen LogP contribution in [0.1, 0.15) is 32.5 Å². The summed E-state index contributed by atoms with van der Waals surface area (Å²) in [5, 5.41) is 6.43. The van der Waals surface area contributed by atoms with E-state index in [-0.39, 0.29) is 12.2 Å². The van der Waals surface area contributed by atoms with Gasteiger partial charge in [-0.05, 0) is 67.6 Å². The Bertz CT molecular complexity index is 1550. The first-order valence-corrected chi connectivity index (χ1v) is 14.0. The average molecular weight is 597 g/mol. The van der Waals surface area contributed by atoms with Crippen LogP contribution in [0, 0.1) is 0 Å². The van der Waals surface area contributed by atoms with Gasteiger partial charge in [-0.15, -0.1) is 11.3 Å². The number of esters is 1. The molecule has 218 valence electrons. The van der Waals surface area contributed by atoms with Crippen molar-refractivity contribution >= 4 is 46.1 Å². The van der Waals surface area contributed by atoms with Crippen LogP contribution in [0.2, 0.25) is 0 Å². The summed E-state index contributed by atoms with van der Waals surface area (Å²) in [5.74, 6) is -0.734. The van der Waals surface area contributed by atoms with Crippen molar-refractivity contribution in [2.45, 2.75) is 13.1 Å². The van der Waals surface area contributed by atoms with Gasteiger partial charge in [-0.25, -0.2) is 9.78 Å². The Morgan fingerprint density at radius 3 is 2.38 bits per heavy atom. The zero-order valence-electron chi connectivity index (χ0n) is 22.5. The van der Waals surface area contributed by atoms with Gasteiger partial charge in [0.2, 0.25) is 0 Å². The third kappa shape index (κ3) is 6.89. The molecule has 4 aromatic rings. The molecular weight excluding hydrogens is 569 g/mol. The largest absolute Gasteiger partial charge is 0.462 e. The van der Waals surface area contributed by atoms with Crippen LogP contribution >= 0.6 is 11.3 Å². The first-order valence-electron chi connectivity index (χ1n) is 13.2. The van der Waals surface area contributed by atoms with Gasteiger partial charge in [0.15, 0.2) is 10.7 Å². The predicted octanol–water partition coefficient (Wildman–Crippen LogP) is 6.84. The van der Waals surface area contributed by atoms with Crippen molar-refractivity contribution < 1.29 is 32.2 Å². The van der Waals surface area contributed by atoms with Crippen molar-refractivity contribution in [2.75, 3.05) is 48.4 Å². The summed E-state index contributed by atoms with van der Waals surface area (Å²) in [5.41, 5.74) is 2.11. The van der Waals surface area contributed by atoms with Gasteiger partial charge < -0.3 is 25.0 Å². The molecule has 2 N–H and O–H groups in total. The molecule has 1 aliphatic rings. The number of carbonyl (C=O) groups excluding carboxylic acids is 2. The number of ether oxygens (including phenoxy) is 2. The summed E-state index contributed by atoms with van der Waals surface area (Å²) in [4.78, 5) is 32.7. The molecule has 1 aliphatic heterocycles. The van der Waals surface area contributed by atoms with Crippen molar-refractivity contribution in [1.29, 1.82) is 0 Å². The Kier molecular flexibility index (Phi) is 8.74. The number of rotatable bonds is 8. The Balaban J connectivity index is 1.35. The van der Waals surface area contributed by atoms with Crippen LogP contribution in [-0.2, 0) is 15.7 Å². The summed E-state index contributed by atoms with van der Waals surface area (Å²) in [7, 11) is 0. The molecule has 3 aromatic carbocycles. The number of amides is 1. The third-order valence-electron chi connectivity index (χ3n) is 6.44. The van der Waals surface area contributed by atoms with Gasteiger partial charge >= 0.3 is 12.1 Å². The van der Waals surface area contributed by atoms with Crippen LogP contribution in [-0.4, -0.2) is 49.8 Å². The van der Waals surface area contributed by atoms with Crippen molar-refractivity contribution in [1.82, 2.24) is 4.98 Å². The van der Waals surface area contributed by atoms with E-state index in [1.807, 2.05) is 24.3 Å². The minimum atomic E-state index is -4.49. The number of hydrogen-bond donors (Lipinski definition) is 2. The summed E-state index contributed by atoms with van der Waals surface area (Å²) in [6.07, 6.45) is -4.49. The number of halogens is 3. The number of morpholine rings is 1. The van der Waals surface area contributed by atoms with E-state index in [4.69, 9.17) is 9.47 Å². The van der Waals surface area contributed by atoms with Crippen molar-refractivity contribution in [3.05, 3.63) is 88.8 Å². The molecule has 1 saturated heterocycles. The summed E-state index contributed by atoms with van der Waals surface area (Å²) in [6.45, 7) is 4.93. The molecule has 12 heteroatoms. The van der Waals surface area contributed by atoms with E-state index in [1.165, 1.54) is 0 Å². The second-order valence-electron chi connectivity index (χ2n) is 9.30. The van der Waals surface area contributed by atoms with E-state index < -0.39 is 23.6 Å². The molecule has 0 unspecified atom stereocenters. The lowest BCUT2D eigenvalue weighted by molar-refractivity contribution is -0.137. The fourth-order valence-corrected chi connectivity index (χ4v) is 5.23. The van der Waals surface area contributed by atoms with Crippen LogP contribution < -0.4 is 15.5 Å². The summed E-state index contributed by atoms with van der Waals surface area (Å²) in [6, 6.07) is 18.6. The number of aromatic nitrogens is 1. The van der Waals surface area contributed by atoms with E-state index in [0.717, 1.165) is 60.1 Å². The van der Waals surface area contributed by atoms with Gasteiger partial charge in [0.25, 0.3) is 5.91 Å². The highest BCUT2D eigenvalue weighted by Gasteiger charge is 2.30. The van der Waals surface area contributed by atoms with Crippen molar-refractivity contribution in [3.8, 4) is 10.6 Å². The van der Waals surface area contributed by atoms with Crippen molar-refractivity contribution in [3.63, 3.8) is 0 Å². The van der Waals surface area contributed by atoms with Crippen molar-refractivity contribution in [2.24, 2.45) is 0 Å². The SMILES string of the molecule is CCOC(=O)c1sc(-c2cccc(NC(=O)c3ccc(C(F)(F)F)cc3)c2)nc1Nc1ccc(N2CCOCC2)cc1. The average Bonchev–Trinajstić information content (AvgIpc) is 3.42. The molecule has 0 radical (unpaired) electrons. The van der Waals surface area contributed by atoms with Crippen LogP contribution in [0.5, 0.6) is 0 Å². The molecule has 5 rings (SSSR count). The highest BCUT2D eigenvalue weighted by Crippen LogP contribution is 2.35. The van der Waals surface area contributed by atoms with Gasteiger partial charge in [0.05, 0.1) is 25.4 Å². The molecule has 1 amide bonds. The smallest absolute Gasteiger partial charge is 0.416 e. The standard InChI is InChI=1S/C30H27F3N4O4S/c1-2-41-29(39)25-26(34-22-10-12-24(13-11-22)37-14-16-40-17-15-37)36-28(42-25)20-4-3-5-23(18-20)35-27(38)19-6-8-21(9-7-19)30(31,32)33/h3-13,18,34H,2,14-17H2,1H3,(H,35,38). The zero-order chi connectivity index (χ0) is 29.7. The van der Waals surface area contributed by atoms with Gasteiger partial charge in [-0.1, -0.05) is 12.1 Å². The minimum absolute atomic E-state index is 0.0818. The molecule has 0 bridgehead atoms. The number of nitrogens with zero attached hydrogens (tertiary/aromatic N) is 2. The Morgan fingerprint density at radius 1 is 1.00 bits per heavy atom. The van der Waals surface area contributed by atoms with Crippen LogP contribution in [0.3, 0.4) is 0 Å². The number of benzene rings is 3. The lowest BCUT2D eigenvalue weighted by Crippen LogP contribution is -2.36. The molecule has 8 nitrogen and oxygen atoms in total. The molecule has 0 saturated carbocycles. The third-order valence-corrected chi connectivity index (χ3v) is 7.52. The second-order valence-corrected chi connectivity index (χ2v) is 10.3. The Labute approximate surface area is 244 Å². The molecule has 2 heterocycles. The number of nitrogens with one attached hydrogen (secondary N) is 2. The number of carbonyl (C=O) groups is 2. The Hall–Kier alpha value is -4.42. The molecule has 0 aliphatic carbocycles. The van der Waals surface area contributed by atoms with E-state index in [0.29, 0.717) is 40.2 Å². The van der Waals surface area contributed by atoms with Gasteiger partial charge in [-0.2, -0.15) is 13.2 Å². The normalized spacial score (nSPS) is 13.5. The quantitative estimate of drug-likeness (QED) is 0.215. The fraction of sp³-hybridized carbons (Fsp3) is 0.233. The molecule has 42 heavy (non-hydrogen) atoms. The number of thiazole rings is 1. The van der Waals surface area contributed by atoms with Crippen LogP contribution in [0.15, 0.2) is 72.8 Å². The van der Waals surface area contributed by atoms with Gasteiger partial charge in [0.1, 0.15) is 5.01 Å². The maximum absolute atomic E-state index is 12.9. The molecule has 0 atom stereocenters. The summed E-state index contributed by atoms with van der Waals surface area (Å²) >= 11 is 1.14. The Morgan fingerprint density at radius 2 is 1.71 bits per heavy atom. The lowest BCUT2D eigenvalue weighted by Gasteiger charge is -2.28. The molecule has 0 spiro atoms. The first kappa shape index (κ1) is 29.1. The highest BCUT2D eigenvalue weighted by molar-refractivity contribution is 7.17. The zero-order valence-corrected chi connectivity index (χ0v) is 23.3. The predicted molar refractivity (Wildman–Crippen MR) is 156 cm³/mol. The molecule has 1 fully saturated rings. The van der Waals surface area contributed by atoms with E-state index in [1.54, 1.807) is 31.2 Å². The van der Waals surface area contributed by atoms with Gasteiger partial charge in [-0.3, -0.25) is 4.79 Å². The fourth-order valence-electron chi connectivity index (χ4n) is 4.32. The van der Waals surface area contributed by atoms with E-state index in [9.17, 15) is 22.8 Å². The van der Waals surface area contributed by atoms with Crippen LogP contribution in [0.4, 0.5) is 36.1 Å². The summed E-state index contributed by atoms with van der Waals surface area (Å²) < 4.78 is 49.3. The van der Waals surface area contributed by atoms with Gasteiger partial charge in [0, 0.05) is 41.3 Å². The minimum Gasteiger partial charge on any atom is -0.462 e. The van der Waals surface area contributed by atoms with E-state index >= 15 is 0 Å². The van der Waals surface area contributed by atoms with E-state index in [2.05, 4.69) is 20.5 Å². The number of hydrogen-bond acceptors (Lipinski definition) is 8. The molecule has 1 aromatic heterocycles. The maximum atomic E-state index is 12.9. The maximum Gasteiger partial charge on any atom is 0.416 e. The highest BCUT2D eigenvalue weighted by atomic mass is 32.1. The first-order chi connectivity index (χ1) is 20.2. The molecular formula is C30H27F3N4O4S. The topological polar surface area (TPSA) is 92.8 Å².